The quantitative estimate of drug-likeness (QED) is 0.311. The van der Waals surface area contributed by atoms with Gasteiger partial charge in [0.15, 0.2) is 0 Å². The van der Waals surface area contributed by atoms with Gasteiger partial charge in [-0.05, 0) is 67.6 Å². The maximum atomic E-state index is 12.5. The summed E-state index contributed by atoms with van der Waals surface area (Å²) in [4.78, 5) is 11.4. The topological polar surface area (TPSA) is 118 Å². The molecule has 4 aromatic rings. The molecule has 0 unspecified atom stereocenters. The van der Waals surface area contributed by atoms with E-state index >= 15 is 0 Å². The average Bonchev–Trinajstić information content (AvgIpc) is 3.22. The number of hydrogen-bond acceptors (Lipinski definition) is 6. The minimum atomic E-state index is -3.71. The Morgan fingerprint density at radius 1 is 1.03 bits per heavy atom. The van der Waals surface area contributed by atoms with E-state index in [1.165, 1.54) is 32.4 Å². The zero-order chi connectivity index (χ0) is 25.4. The van der Waals surface area contributed by atoms with Gasteiger partial charge in [-0.15, -0.1) is 0 Å². The maximum absolute atomic E-state index is 12.5. The lowest BCUT2D eigenvalue weighted by atomic mass is 9.79. The van der Waals surface area contributed by atoms with E-state index in [2.05, 4.69) is 35.1 Å². The molecule has 0 spiro atoms. The van der Waals surface area contributed by atoms with Gasteiger partial charge in [-0.2, -0.15) is 13.1 Å². The zero-order valence-corrected chi connectivity index (χ0v) is 21.4. The highest BCUT2D eigenvalue weighted by molar-refractivity contribution is 7.90. The van der Waals surface area contributed by atoms with E-state index in [1.54, 1.807) is 24.3 Å². The second-order valence-electron chi connectivity index (χ2n) is 10.0. The van der Waals surface area contributed by atoms with E-state index in [0.717, 1.165) is 46.5 Å². The predicted molar refractivity (Wildman–Crippen MR) is 146 cm³/mol. The van der Waals surface area contributed by atoms with Crippen LogP contribution in [0, 0.1) is 5.92 Å². The van der Waals surface area contributed by atoms with Crippen LogP contribution in [0.5, 0.6) is 0 Å². The van der Waals surface area contributed by atoms with E-state index in [0.29, 0.717) is 17.5 Å². The molecule has 1 aliphatic carbocycles. The molecule has 37 heavy (non-hydrogen) atoms. The lowest BCUT2D eigenvalue weighted by Gasteiger charge is -2.42. The molecule has 0 amide bonds. The standard InChI is InChI=1S/C27H31N7O2S/c28-26-25-24(17-34(27(25)30-18-29-26)23-13-20(14-23)16-33-10-5-11-33)21-7-4-6-19(12-21)15-31-37(35,36)32-22-8-2-1-3-9-22/h1-4,6-9,12,17-18,20,23,31-32H,5,10-11,13-16H2,(H2,28,29,30)/t20-,23+. The highest BCUT2D eigenvalue weighted by atomic mass is 32.2. The zero-order valence-electron chi connectivity index (χ0n) is 20.5. The summed E-state index contributed by atoms with van der Waals surface area (Å²) >= 11 is 0. The molecule has 2 aromatic carbocycles. The van der Waals surface area contributed by atoms with Crippen molar-refractivity contribution in [2.45, 2.75) is 31.8 Å². The molecule has 2 aliphatic rings. The number of fused-ring (bicyclic) bond motifs is 1. The first-order valence-corrected chi connectivity index (χ1v) is 14.2. The van der Waals surface area contributed by atoms with Crippen LogP contribution >= 0.6 is 0 Å². The van der Waals surface area contributed by atoms with Crippen molar-refractivity contribution in [1.82, 2.24) is 24.2 Å². The Morgan fingerprint density at radius 3 is 2.59 bits per heavy atom. The van der Waals surface area contributed by atoms with Gasteiger partial charge in [0, 0.05) is 36.6 Å². The van der Waals surface area contributed by atoms with Crippen molar-refractivity contribution in [1.29, 1.82) is 0 Å². The van der Waals surface area contributed by atoms with E-state index in [1.807, 2.05) is 30.3 Å². The summed E-state index contributed by atoms with van der Waals surface area (Å²) in [6.45, 7) is 3.81. The van der Waals surface area contributed by atoms with Crippen molar-refractivity contribution >= 4 is 32.7 Å². The maximum Gasteiger partial charge on any atom is 0.299 e. The number of rotatable bonds is 9. The number of para-hydroxylation sites is 1. The number of nitrogens with one attached hydrogen (secondary N) is 2. The summed E-state index contributed by atoms with van der Waals surface area (Å²) in [5, 5.41) is 0.845. The van der Waals surface area contributed by atoms with Gasteiger partial charge < -0.3 is 15.2 Å². The number of nitrogens with zero attached hydrogens (tertiary/aromatic N) is 4. The minimum absolute atomic E-state index is 0.154. The number of likely N-dealkylation sites (tertiary alicyclic amines) is 1. The summed E-state index contributed by atoms with van der Waals surface area (Å²) in [6, 6.07) is 17.0. The van der Waals surface area contributed by atoms with Crippen molar-refractivity contribution < 1.29 is 8.42 Å². The summed E-state index contributed by atoms with van der Waals surface area (Å²) in [6.07, 6.45) is 7.27. The molecule has 9 nitrogen and oxygen atoms in total. The van der Waals surface area contributed by atoms with Crippen LogP contribution in [0.15, 0.2) is 67.1 Å². The molecular weight excluding hydrogens is 486 g/mol. The van der Waals surface area contributed by atoms with Crippen LogP contribution in [0.2, 0.25) is 0 Å². The molecule has 1 saturated heterocycles. The van der Waals surface area contributed by atoms with Crippen LogP contribution in [-0.4, -0.2) is 47.5 Å². The van der Waals surface area contributed by atoms with E-state index in [4.69, 9.17) is 5.73 Å². The van der Waals surface area contributed by atoms with Gasteiger partial charge in [0.2, 0.25) is 0 Å². The largest absolute Gasteiger partial charge is 0.383 e. The molecule has 2 fully saturated rings. The molecule has 192 valence electrons. The number of anilines is 2. The highest BCUT2D eigenvalue weighted by Gasteiger charge is 2.34. The lowest BCUT2D eigenvalue weighted by Crippen LogP contribution is -2.43. The smallest absolute Gasteiger partial charge is 0.299 e. The average molecular weight is 518 g/mol. The van der Waals surface area contributed by atoms with Gasteiger partial charge >= 0.3 is 0 Å². The third-order valence-corrected chi connectivity index (χ3v) is 8.47. The number of benzene rings is 2. The number of nitrogens with two attached hydrogens (primary N) is 1. The van der Waals surface area contributed by atoms with E-state index in [9.17, 15) is 8.42 Å². The fraction of sp³-hybridized carbons (Fsp3) is 0.333. The van der Waals surface area contributed by atoms with E-state index < -0.39 is 10.2 Å². The van der Waals surface area contributed by atoms with E-state index in [-0.39, 0.29) is 6.54 Å². The van der Waals surface area contributed by atoms with Gasteiger partial charge in [-0.3, -0.25) is 4.72 Å². The van der Waals surface area contributed by atoms with Gasteiger partial charge in [0.1, 0.15) is 17.8 Å². The molecule has 10 heteroatoms. The second-order valence-corrected chi connectivity index (χ2v) is 11.5. The summed E-state index contributed by atoms with van der Waals surface area (Å²) in [5.41, 5.74) is 10.5. The Kier molecular flexibility index (Phi) is 6.31. The molecular formula is C27H31N7O2S. The van der Waals surface area contributed by atoms with Crippen LogP contribution in [0.4, 0.5) is 11.5 Å². The molecule has 2 aromatic heterocycles. The van der Waals surface area contributed by atoms with Crippen molar-refractivity contribution in [3.05, 3.63) is 72.7 Å². The fourth-order valence-corrected chi connectivity index (χ4v) is 6.21. The number of hydrogen-bond donors (Lipinski definition) is 3. The molecule has 1 saturated carbocycles. The van der Waals surface area contributed by atoms with Crippen LogP contribution in [0.25, 0.3) is 22.2 Å². The first kappa shape index (κ1) is 23.9. The molecule has 0 bridgehead atoms. The van der Waals surface area contributed by atoms with Gasteiger partial charge in [0.25, 0.3) is 10.2 Å². The minimum Gasteiger partial charge on any atom is -0.383 e. The number of nitrogen functional groups attached to an aromatic ring is 1. The SMILES string of the molecule is Nc1ncnc2c1c(-c1cccc(CNS(=O)(=O)Nc3ccccc3)c1)cn2[C@H]1C[C@@H](CN2CCC2)C1. The van der Waals surface area contributed by atoms with Crippen molar-refractivity contribution in [2.24, 2.45) is 5.92 Å². The molecule has 3 heterocycles. The molecule has 4 N–H and O–H groups in total. The first-order chi connectivity index (χ1) is 17.9. The van der Waals surface area contributed by atoms with Gasteiger partial charge in [-0.25, -0.2) is 9.97 Å². The molecule has 0 atom stereocenters. The van der Waals surface area contributed by atoms with Crippen molar-refractivity contribution in [2.75, 3.05) is 30.1 Å². The Labute approximate surface area is 216 Å². The summed E-state index contributed by atoms with van der Waals surface area (Å²) < 4.78 is 32.5. The van der Waals surface area contributed by atoms with Crippen molar-refractivity contribution in [3.8, 4) is 11.1 Å². The fourth-order valence-electron chi connectivity index (χ4n) is 5.34. The lowest BCUT2D eigenvalue weighted by molar-refractivity contribution is 0.0921. The Hall–Kier alpha value is -3.47. The van der Waals surface area contributed by atoms with Crippen molar-refractivity contribution in [3.63, 3.8) is 0 Å². The van der Waals surface area contributed by atoms with Crippen LogP contribution < -0.4 is 15.2 Å². The Balaban J connectivity index is 1.22. The molecule has 0 radical (unpaired) electrons. The van der Waals surface area contributed by atoms with Crippen LogP contribution in [0.1, 0.15) is 30.9 Å². The van der Waals surface area contributed by atoms with Gasteiger partial charge in [-0.1, -0.05) is 36.4 Å². The third kappa shape index (κ3) is 5.04. The van der Waals surface area contributed by atoms with Gasteiger partial charge in [0.05, 0.1) is 5.39 Å². The predicted octanol–water partition coefficient (Wildman–Crippen LogP) is 3.78. The Morgan fingerprint density at radius 2 is 1.84 bits per heavy atom. The molecule has 1 aliphatic heterocycles. The monoisotopic (exact) mass is 517 g/mol. The first-order valence-electron chi connectivity index (χ1n) is 12.7. The highest BCUT2D eigenvalue weighted by Crippen LogP contribution is 2.43. The second kappa shape index (κ2) is 9.77. The summed E-state index contributed by atoms with van der Waals surface area (Å²) in [5.74, 6) is 1.18. The molecule has 6 rings (SSSR count). The normalized spacial score (nSPS) is 19.9. The Bertz CT molecular complexity index is 1510. The summed E-state index contributed by atoms with van der Waals surface area (Å²) in [7, 11) is -3.71. The van der Waals surface area contributed by atoms with Crippen LogP contribution in [0.3, 0.4) is 0 Å². The van der Waals surface area contributed by atoms with Crippen LogP contribution in [-0.2, 0) is 16.8 Å². The number of aromatic nitrogens is 3. The third-order valence-electron chi connectivity index (χ3n) is 7.44.